The van der Waals surface area contributed by atoms with Gasteiger partial charge in [-0.1, -0.05) is 13.8 Å². The SMILES string of the molecule is CC(C)CC[C@@H](N)c1c(F)ccc(Br)c1F. The van der Waals surface area contributed by atoms with Crippen LogP contribution in [0.5, 0.6) is 0 Å². The lowest BCUT2D eigenvalue weighted by Gasteiger charge is -2.15. The quantitative estimate of drug-likeness (QED) is 0.828. The van der Waals surface area contributed by atoms with E-state index in [1.54, 1.807) is 0 Å². The number of rotatable bonds is 4. The molecule has 1 aromatic rings. The van der Waals surface area contributed by atoms with E-state index in [-0.39, 0.29) is 10.0 Å². The lowest BCUT2D eigenvalue weighted by atomic mass is 9.97. The normalized spacial score (nSPS) is 13.2. The van der Waals surface area contributed by atoms with Gasteiger partial charge in [0, 0.05) is 11.6 Å². The summed E-state index contributed by atoms with van der Waals surface area (Å²) in [7, 11) is 0. The molecule has 90 valence electrons. The van der Waals surface area contributed by atoms with E-state index in [4.69, 9.17) is 5.73 Å². The molecule has 1 rings (SSSR count). The first-order valence-electron chi connectivity index (χ1n) is 5.32. The second-order valence-electron chi connectivity index (χ2n) is 4.33. The topological polar surface area (TPSA) is 26.0 Å². The maximum atomic E-state index is 13.7. The fraction of sp³-hybridized carbons (Fsp3) is 0.500. The van der Waals surface area contributed by atoms with Crippen molar-refractivity contribution in [3.8, 4) is 0 Å². The zero-order valence-electron chi connectivity index (χ0n) is 9.43. The van der Waals surface area contributed by atoms with E-state index in [0.29, 0.717) is 12.3 Å². The molecule has 2 N–H and O–H groups in total. The lowest BCUT2D eigenvalue weighted by Crippen LogP contribution is -2.15. The molecule has 0 fully saturated rings. The van der Waals surface area contributed by atoms with Crippen LogP contribution in [-0.4, -0.2) is 0 Å². The van der Waals surface area contributed by atoms with Crippen LogP contribution in [-0.2, 0) is 0 Å². The zero-order chi connectivity index (χ0) is 12.3. The minimum Gasteiger partial charge on any atom is -0.324 e. The van der Waals surface area contributed by atoms with Gasteiger partial charge in [-0.05, 0) is 46.8 Å². The Hall–Kier alpha value is -0.480. The van der Waals surface area contributed by atoms with Crippen LogP contribution in [0.15, 0.2) is 16.6 Å². The molecule has 1 aromatic carbocycles. The highest BCUT2D eigenvalue weighted by atomic mass is 79.9. The summed E-state index contributed by atoms with van der Waals surface area (Å²) in [5.41, 5.74) is 5.79. The standard InChI is InChI=1S/C12H16BrF2N/c1-7(2)3-6-10(16)11-9(14)5-4-8(13)12(11)15/h4-5,7,10H,3,6,16H2,1-2H3/t10-/m1/s1. The number of halogens is 3. The van der Waals surface area contributed by atoms with E-state index < -0.39 is 17.7 Å². The van der Waals surface area contributed by atoms with Crippen LogP contribution >= 0.6 is 15.9 Å². The van der Waals surface area contributed by atoms with Crippen molar-refractivity contribution in [3.05, 3.63) is 33.8 Å². The van der Waals surface area contributed by atoms with E-state index in [2.05, 4.69) is 29.8 Å². The molecule has 4 heteroatoms. The molecule has 0 spiro atoms. The van der Waals surface area contributed by atoms with Crippen LogP contribution in [0.3, 0.4) is 0 Å². The summed E-state index contributed by atoms with van der Waals surface area (Å²) < 4.78 is 27.4. The summed E-state index contributed by atoms with van der Waals surface area (Å²) in [6, 6.07) is 2.00. The summed E-state index contributed by atoms with van der Waals surface area (Å²) in [4.78, 5) is 0. The molecular weight excluding hydrogens is 276 g/mol. The summed E-state index contributed by atoms with van der Waals surface area (Å²) in [5.74, 6) is -0.683. The molecule has 0 saturated heterocycles. The molecule has 0 amide bonds. The fourth-order valence-electron chi connectivity index (χ4n) is 1.54. The van der Waals surface area contributed by atoms with Gasteiger partial charge in [0.2, 0.25) is 0 Å². The molecule has 0 radical (unpaired) electrons. The van der Waals surface area contributed by atoms with Crippen molar-refractivity contribution in [2.45, 2.75) is 32.7 Å². The number of benzene rings is 1. The second kappa shape index (κ2) is 5.73. The molecule has 0 unspecified atom stereocenters. The van der Waals surface area contributed by atoms with Crippen molar-refractivity contribution in [2.75, 3.05) is 0 Å². The van der Waals surface area contributed by atoms with Gasteiger partial charge in [0.15, 0.2) is 0 Å². The maximum Gasteiger partial charge on any atom is 0.145 e. The van der Waals surface area contributed by atoms with Crippen LogP contribution in [0.25, 0.3) is 0 Å². The van der Waals surface area contributed by atoms with Gasteiger partial charge in [-0.3, -0.25) is 0 Å². The van der Waals surface area contributed by atoms with Gasteiger partial charge in [-0.15, -0.1) is 0 Å². The van der Waals surface area contributed by atoms with E-state index in [9.17, 15) is 8.78 Å². The third-order valence-corrected chi connectivity index (χ3v) is 3.12. The minimum atomic E-state index is -0.587. The first kappa shape index (κ1) is 13.6. The summed E-state index contributed by atoms with van der Waals surface area (Å²) in [5, 5.41) is 0. The Morgan fingerprint density at radius 3 is 2.44 bits per heavy atom. The van der Waals surface area contributed by atoms with Crippen LogP contribution in [0.4, 0.5) is 8.78 Å². The molecule has 1 atom stereocenters. The first-order chi connectivity index (χ1) is 7.43. The van der Waals surface area contributed by atoms with Crippen molar-refractivity contribution in [1.29, 1.82) is 0 Å². The van der Waals surface area contributed by atoms with Gasteiger partial charge in [0.1, 0.15) is 11.6 Å². The Morgan fingerprint density at radius 2 is 1.88 bits per heavy atom. The van der Waals surface area contributed by atoms with E-state index in [1.165, 1.54) is 12.1 Å². The number of hydrogen-bond acceptors (Lipinski definition) is 1. The van der Waals surface area contributed by atoms with Crippen molar-refractivity contribution < 1.29 is 8.78 Å². The average molecular weight is 292 g/mol. The number of nitrogens with two attached hydrogens (primary N) is 1. The molecule has 0 aromatic heterocycles. The van der Waals surface area contributed by atoms with Gasteiger partial charge in [-0.2, -0.15) is 0 Å². The van der Waals surface area contributed by atoms with Gasteiger partial charge in [0.25, 0.3) is 0 Å². The van der Waals surface area contributed by atoms with Crippen molar-refractivity contribution in [2.24, 2.45) is 11.7 Å². The van der Waals surface area contributed by atoms with E-state index in [0.717, 1.165) is 6.42 Å². The highest BCUT2D eigenvalue weighted by Gasteiger charge is 2.18. The van der Waals surface area contributed by atoms with Crippen LogP contribution in [0, 0.1) is 17.6 Å². The Morgan fingerprint density at radius 1 is 1.25 bits per heavy atom. The van der Waals surface area contributed by atoms with E-state index >= 15 is 0 Å². The van der Waals surface area contributed by atoms with Gasteiger partial charge < -0.3 is 5.73 Å². The third-order valence-electron chi connectivity index (χ3n) is 2.51. The Balaban J connectivity index is 2.90. The molecule has 0 heterocycles. The highest BCUT2D eigenvalue weighted by Crippen LogP contribution is 2.28. The first-order valence-corrected chi connectivity index (χ1v) is 6.11. The van der Waals surface area contributed by atoms with Gasteiger partial charge >= 0.3 is 0 Å². The third kappa shape index (κ3) is 3.25. The second-order valence-corrected chi connectivity index (χ2v) is 5.19. The van der Waals surface area contributed by atoms with Crippen molar-refractivity contribution in [1.82, 2.24) is 0 Å². The molecule has 16 heavy (non-hydrogen) atoms. The number of hydrogen-bond donors (Lipinski definition) is 1. The monoisotopic (exact) mass is 291 g/mol. The molecule has 0 aliphatic heterocycles. The Kier molecular flexibility index (Phi) is 4.87. The Labute approximate surface area is 103 Å². The highest BCUT2D eigenvalue weighted by molar-refractivity contribution is 9.10. The van der Waals surface area contributed by atoms with E-state index in [1.807, 2.05) is 0 Å². The summed E-state index contributed by atoms with van der Waals surface area (Å²) in [6.07, 6.45) is 1.44. The molecule has 0 bridgehead atoms. The zero-order valence-corrected chi connectivity index (χ0v) is 11.0. The molecule has 0 aliphatic rings. The molecule has 0 aliphatic carbocycles. The molecule has 0 saturated carbocycles. The summed E-state index contributed by atoms with van der Waals surface area (Å²) in [6.45, 7) is 4.11. The predicted octanol–water partition coefficient (Wildman–Crippen LogP) is 4.16. The average Bonchev–Trinajstić information content (AvgIpc) is 2.21. The Bertz CT molecular complexity index is 366. The largest absolute Gasteiger partial charge is 0.324 e. The lowest BCUT2D eigenvalue weighted by molar-refractivity contribution is 0.467. The van der Waals surface area contributed by atoms with Crippen LogP contribution < -0.4 is 5.73 Å². The molecule has 1 nitrogen and oxygen atoms in total. The van der Waals surface area contributed by atoms with Crippen LogP contribution in [0.1, 0.15) is 38.3 Å². The summed E-state index contributed by atoms with van der Waals surface area (Å²) >= 11 is 3.03. The smallest absolute Gasteiger partial charge is 0.145 e. The van der Waals surface area contributed by atoms with Crippen LogP contribution in [0.2, 0.25) is 0 Å². The predicted molar refractivity (Wildman–Crippen MR) is 65.1 cm³/mol. The maximum absolute atomic E-state index is 13.7. The fourth-order valence-corrected chi connectivity index (χ4v) is 1.89. The van der Waals surface area contributed by atoms with Crippen molar-refractivity contribution >= 4 is 15.9 Å². The van der Waals surface area contributed by atoms with Gasteiger partial charge in [0.05, 0.1) is 4.47 Å². The van der Waals surface area contributed by atoms with Gasteiger partial charge in [-0.25, -0.2) is 8.78 Å². The molecular formula is C12H16BrF2N. The minimum absolute atomic E-state index is 0.0185. The van der Waals surface area contributed by atoms with Crippen molar-refractivity contribution in [3.63, 3.8) is 0 Å².